The number of rotatable bonds is 3. The van der Waals surface area contributed by atoms with Gasteiger partial charge in [0.15, 0.2) is 5.13 Å². The van der Waals surface area contributed by atoms with Gasteiger partial charge in [0.2, 0.25) is 0 Å². The molecule has 4 nitrogen and oxygen atoms in total. The van der Waals surface area contributed by atoms with Gasteiger partial charge in [-0.15, -0.1) is 11.3 Å². The second-order valence-electron chi connectivity index (χ2n) is 4.57. The highest BCUT2D eigenvalue weighted by molar-refractivity contribution is 7.13. The van der Waals surface area contributed by atoms with E-state index in [0.29, 0.717) is 5.13 Å². The third-order valence-corrected chi connectivity index (χ3v) is 3.79. The first-order valence-electron chi connectivity index (χ1n) is 6.58. The molecule has 106 valence electrons. The highest BCUT2D eigenvalue weighted by Gasteiger charge is 2.10. The number of aromatic nitrogens is 1. The standard InChI is InChI=1S/C17H11N3OS/c18-11-15(16(21)20-17-19-7-8-22-17)10-12-5-6-13-3-1-2-4-14(13)9-12/h1-10H,(H,19,20,21)/b15-10+. The van der Waals surface area contributed by atoms with Crippen LogP contribution in [-0.2, 0) is 4.79 Å². The fourth-order valence-electron chi connectivity index (χ4n) is 2.06. The Morgan fingerprint density at radius 3 is 2.77 bits per heavy atom. The molecule has 0 aliphatic rings. The van der Waals surface area contributed by atoms with Crippen LogP contribution in [0.1, 0.15) is 5.56 Å². The Labute approximate surface area is 131 Å². The molecule has 0 bridgehead atoms. The smallest absolute Gasteiger partial charge is 0.268 e. The van der Waals surface area contributed by atoms with Gasteiger partial charge in [0, 0.05) is 11.6 Å². The summed E-state index contributed by atoms with van der Waals surface area (Å²) in [4.78, 5) is 16.0. The maximum Gasteiger partial charge on any atom is 0.268 e. The summed E-state index contributed by atoms with van der Waals surface area (Å²) in [5.41, 5.74) is 0.856. The number of nitrogens with zero attached hydrogens (tertiary/aromatic N) is 2. The zero-order valence-corrected chi connectivity index (χ0v) is 12.3. The normalized spacial score (nSPS) is 11.1. The van der Waals surface area contributed by atoms with Crippen molar-refractivity contribution in [1.29, 1.82) is 5.26 Å². The predicted molar refractivity (Wildman–Crippen MR) is 88.3 cm³/mol. The van der Waals surface area contributed by atoms with E-state index in [0.717, 1.165) is 16.3 Å². The van der Waals surface area contributed by atoms with Crippen LogP contribution in [0.15, 0.2) is 59.6 Å². The van der Waals surface area contributed by atoms with Gasteiger partial charge in [-0.1, -0.05) is 36.4 Å². The minimum atomic E-state index is -0.453. The molecule has 1 N–H and O–H groups in total. The van der Waals surface area contributed by atoms with Crippen LogP contribution in [0, 0.1) is 11.3 Å². The molecule has 5 heteroatoms. The van der Waals surface area contributed by atoms with Gasteiger partial charge in [-0.25, -0.2) is 4.98 Å². The van der Waals surface area contributed by atoms with Crippen molar-refractivity contribution in [1.82, 2.24) is 4.98 Å². The summed E-state index contributed by atoms with van der Waals surface area (Å²) in [6, 6.07) is 15.7. The lowest BCUT2D eigenvalue weighted by Crippen LogP contribution is -2.13. The van der Waals surface area contributed by atoms with Crippen LogP contribution in [0.25, 0.3) is 16.8 Å². The van der Waals surface area contributed by atoms with E-state index in [1.807, 2.05) is 48.5 Å². The average Bonchev–Trinajstić information content (AvgIpc) is 3.05. The minimum Gasteiger partial charge on any atom is -0.297 e. The molecule has 1 amide bonds. The maximum absolute atomic E-state index is 12.1. The monoisotopic (exact) mass is 305 g/mol. The lowest BCUT2D eigenvalue weighted by Gasteiger charge is -2.02. The lowest BCUT2D eigenvalue weighted by atomic mass is 10.1. The zero-order valence-electron chi connectivity index (χ0n) is 11.5. The van der Waals surface area contributed by atoms with Gasteiger partial charge in [-0.3, -0.25) is 10.1 Å². The van der Waals surface area contributed by atoms with E-state index in [2.05, 4.69) is 10.3 Å². The highest BCUT2D eigenvalue weighted by atomic mass is 32.1. The first-order valence-corrected chi connectivity index (χ1v) is 7.46. The molecule has 0 fully saturated rings. The van der Waals surface area contributed by atoms with Crippen LogP contribution in [0.2, 0.25) is 0 Å². The third-order valence-electron chi connectivity index (χ3n) is 3.10. The van der Waals surface area contributed by atoms with E-state index >= 15 is 0 Å². The molecule has 0 unspecified atom stereocenters. The number of carbonyl (C=O) groups excluding carboxylic acids is 1. The Hall–Kier alpha value is -2.97. The van der Waals surface area contributed by atoms with Gasteiger partial charge in [-0.2, -0.15) is 5.26 Å². The van der Waals surface area contributed by atoms with Crippen molar-refractivity contribution in [3.8, 4) is 6.07 Å². The van der Waals surface area contributed by atoms with Crippen LogP contribution < -0.4 is 5.32 Å². The van der Waals surface area contributed by atoms with Crippen molar-refractivity contribution in [2.24, 2.45) is 0 Å². The predicted octanol–water partition coefficient (Wildman–Crippen LogP) is 3.84. The topological polar surface area (TPSA) is 65.8 Å². The number of nitrogens with one attached hydrogen (secondary N) is 1. The Morgan fingerprint density at radius 2 is 2.05 bits per heavy atom. The summed E-state index contributed by atoms with van der Waals surface area (Å²) in [6.07, 6.45) is 3.18. The van der Waals surface area contributed by atoms with Crippen LogP contribution >= 0.6 is 11.3 Å². The summed E-state index contributed by atoms with van der Waals surface area (Å²) in [7, 11) is 0. The van der Waals surface area contributed by atoms with Gasteiger partial charge in [0.05, 0.1) is 0 Å². The summed E-state index contributed by atoms with van der Waals surface area (Å²) in [5, 5.41) is 16.2. The molecular weight excluding hydrogens is 294 g/mol. The Kier molecular flexibility index (Phi) is 3.95. The molecule has 0 saturated carbocycles. The number of anilines is 1. The summed E-state index contributed by atoms with van der Waals surface area (Å²) >= 11 is 1.31. The molecule has 0 aliphatic carbocycles. The minimum absolute atomic E-state index is 0.0467. The SMILES string of the molecule is N#C/C(=C\c1ccc2ccccc2c1)C(=O)Nc1nccs1. The van der Waals surface area contributed by atoms with Gasteiger partial charge in [0.1, 0.15) is 11.6 Å². The van der Waals surface area contributed by atoms with E-state index in [9.17, 15) is 10.1 Å². The molecule has 0 radical (unpaired) electrons. The first-order chi connectivity index (χ1) is 10.8. The molecule has 22 heavy (non-hydrogen) atoms. The molecule has 1 aromatic heterocycles. The third kappa shape index (κ3) is 3.03. The van der Waals surface area contributed by atoms with Crippen LogP contribution in [0.3, 0.4) is 0 Å². The number of thiazole rings is 1. The fraction of sp³-hybridized carbons (Fsp3) is 0. The number of nitriles is 1. The summed E-state index contributed by atoms with van der Waals surface area (Å²) in [6.45, 7) is 0. The van der Waals surface area contributed by atoms with Crippen molar-refractivity contribution in [3.63, 3.8) is 0 Å². The van der Waals surface area contributed by atoms with Crippen molar-refractivity contribution in [2.45, 2.75) is 0 Å². The van der Waals surface area contributed by atoms with Crippen molar-refractivity contribution in [2.75, 3.05) is 5.32 Å². The Bertz CT molecular complexity index is 892. The molecule has 1 heterocycles. The van der Waals surface area contributed by atoms with E-state index in [4.69, 9.17) is 0 Å². The van der Waals surface area contributed by atoms with E-state index in [1.54, 1.807) is 17.7 Å². The largest absolute Gasteiger partial charge is 0.297 e. The molecular formula is C17H11N3OS. The number of fused-ring (bicyclic) bond motifs is 1. The average molecular weight is 305 g/mol. The van der Waals surface area contributed by atoms with E-state index in [-0.39, 0.29) is 5.57 Å². The molecule has 0 saturated heterocycles. The maximum atomic E-state index is 12.1. The quantitative estimate of drug-likeness (QED) is 0.590. The van der Waals surface area contributed by atoms with Crippen molar-refractivity contribution < 1.29 is 4.79 Å². The van der Waals surface area contributed by atoms with Crippen LogP contribution in [-0.4, -0.2) is 10.9 Å². The van der Waals surface area contributed by atoms with E-state index < -0.39 is 5.91 Å². The van der Waals surface area contributed by atoms with Crippen molar-refractivity contribution >= 4 is 39.2 Å². The van der Waals surface area contributed by atoms with Crippen molar-refractivity contribution in [3.05, 3.63) is 65.2 Å². The first kappa shape index (κ1) is 14.0. The molecule has 3 rings (SSSR count). The number of hydrogen-bond donors (Lipinski definition) is 1. The highest BCUT2D eigenvalue weighted by Crippen LogP contribution is 2.18. The van der Waals surface area contributed by atoms with E-state index in [1.165, 1.54) is 11.3 Å². The van der Waals surface area contributed by atoms with Gasteiger partial charge in [-0.05, 0) is 28.5 Å². The number of benzene rings is 2. The van der Waals surface area contributed by atoms with Crippen LogP contribution in [0.5, 0.6) is 0 Å². The van der Waals surface area contributed by atoms with Gasteiger partial charge in [0.25, 0.3) is 5.91 Å². The summed E-state index contributed by atoms with van der Waals surface area (Å²) in [5.74, 6) is -0.453. The fourth-order valence-corrected chi connectivity index (χ4v) is 2.59. The number of hydrogen-bond acceptors (Lipinski definition) is 4. The zero-order chi connectivity index (χ0) is 15.4. The number of amides is 1. The number of carbonyl (C=O) groups is 1. The van der Waals surface area contributed by atoms with Crippen LogP contribution in [0.4, 0.5) is 5.13 Å². The molecule has 0 spiro atoms. The molecule has 0 aliphatic heterocycles. The second-order valence-corrected chi connectivity index (χ2v) is 5.46. The lowest BCUT2D eigenvalue weighted by molar-refractivity contribution is -0.112. The molecule has 0 atom stereocenters. The molecule has 3 aromatic rings. The van der Waals surface area contributed by atoms with Gasteiger partial charge >= 0.3 is 0 Å². The summed E-state index contributed by atoms with van der Waals surface area (Å²) < 4.78 is 0. The Morgan fingerprint density at radius 1 is 1.23 bits per heavy atom. The Balaban J connectivity index is 1.89. The molecule has 2 aromatic carbocycles. The second kappa shape index (κ2) is 6.20. The van der Waals surface area contributed by atoms with Gasteiger partial charge < -0.3 is 0 Å².